The number of hydrogen-bond donors (Lipinski definition) is 0. The molecule has 1 fully saturated rings. The third-order valence-corrected chi connectivity index (χ3v) is 4.25. The van der Waals surface area contributed by atoms with Crippen molar-refractivity contribution in [2.75, 3.05) is 19.7 Å². The highest BCUT2D eigenvalue weighted by molar-refractivity contribution is 9.10. The topological polar surface area (TPSA) is 72.0 Å². The number of halogens is 1. The standard InChI is InChI=1S/C16H20BrN3O4/c1-16(2,3)24-15(22)19-7-12-9-23-14-10(4-11(17)5-18-14)6-20(12)13(21)8-19/h4-5,12H,6-9H2,1-3H3/t12-/m0/s1. The van der Waals surface area contributed by atoms with E-state index in [1.54, 1.807) is 31.9 Å². The number of hydrogen-bond acceptors (Lipinski definition) is 5. The molecule has 0 N–H and O–H groups in total. The Kier molecular flexibility index (Phi) is 4.42. The molecule has 2 aliphatic heterocycles. The summed E-state index contributed by atoms with van der Waals surface area (Å²) in [5.74, 6) is 0.415. The van der Waals surface area contributed by atoms with E-state index in [1.807, 2.05) is 6.07 Å². The van der Waals surface area contributed by atoms with Crippen LogP contribution in [0.4, 0.5) is 4.79 Å². The minimum Gasteiger partial charge on any atom is -0.475 e. The van der Waals surface area contributed by atoms with Gasteiger partial charge in [-0.1, -0.05) is 0 Å². The van der Waals surface area contributed by atoms with E-state index < -0.39 is 11.7 Å². The summed E-state index contributed by atoms with van der Waals surface area (Å²) >= 11 is 3.38. The van der Waals surface area contributed by atoms with Crippen LogP contribution in [0.25, 0.3) is 0 Å². The van der Waals surface area contributed by atoms with Crippen LogP contribution in [0.5, 0.6) is 5.88 Å². The van der Waals surface area contributed by atoms with E-state index in [-0.39, 0.29) is 18.5 Å². The van der Waals surface area contributed by atoms with Crippen molar-refractivity contribution < 1.29 is 19.1 Å². The number of carbonyl (C=O) groups is 2. The summed E-state index contributed by atoms with van der Waals surface area (Å²) in [6.07, 6.45) is 1.19. The van der Waals surface area contributed by atoms with Crippen LogP contribution < -0.4 is 4.74 Å². The molecule has 0 aliphatic carbocycles. The lowest BCUT2D eigenvalue weighted by molar-refractivity contribution is -0.140. The molecule has 2 amide bonds. The summed E-state index contributed by atoms with van der Waals surface area (Å²) in [7, 11) is 0. The van der Waals surface area contributed by atoms with E-state index in [1.165, 1.54) is 4.90 Å². The Hall–Kier alpha value is -1.83. The average Bonchev–Trinajstić information content (AvgIpc) is 2.64. The van der Waals surface area contributed by atoms with Crippen molar-refractivity contribution >= 4 is 27.9 Å². The van der Waals surface area contributed by atoms with Gasteiger partial charge in [-0.2, -0.15) is 0 Å². The number of pyridine rings is 1. The normalized spacial score (nSPS) is 20.7. The highest BCUT2D eigenvalue weighted by Crippen LogP contribution is 2.28. The summed E-state index contributed by atoms with van der Waals surface area (Å²) in [4.78, 5) is 32.2. The maximum absolute atomic E-state index is 12.5. The predicted octanol–water partition coefficient (Wildman–Crippen LogP) is 2.18. The molecule has 0 bridgehead atoms. The Bertz CT molecular complexity index is 674. The summed E-state index contributed by atoms with van der Waals surface area (Å²) < 4.78 is 12.0. The van der Waals surface area contributed by atoms with Crippen molar-refractivity contribution in [3.05, 3.63) is 22.3 Å². The van der Waals surface area contributed by atoms with Gasteiger partial charge in [-0.05, 0) is 42.8 Å². The summed E-state index contributed by atoms with van der Waals surface area (Å²) in [5.41, 5.74) is 0.259. The first kappa shape index (κ1) is 17.0. The van der Waals surface area contributed by atoms with Gasteiger partial charge in [0.15, 0.2) is 0 Å². The zero-order valence-corrected chi connectivity index (χ0v) is 15.5. The second kappa shape index (κ2) is 6.23. The molecule has 0 spiro atoms. The zero-order chi connectivity index (χ0) is 17.5. The van der Waals surface area contributed by atoms with E-state index in [2.05, 4.69) is 20.9 Å². The Morgan fingerprint density at radius 2 is 2.17 bits per heavy atom. The molecule has 0 unspecified atom stereocenters. The molecule has 0 saturated carbocycles. The van der Waals surface area contributed by atoms with Gasteiger partial charge in [0.05, 0.1) is 12.6 Å². The first-order valence-corrected chi connectivity index (χ1v) is 8.57. The number of fused-ring (bicyclic) bond motifs is 2. The van der Waals surface area contributed by atoms with Crippen LogP contribution in [-0.4, -0.2) is 58.1 Å². The smallest absolute Gasteiger partial charge is 0.410 e. The number of nitrogens with zero attached hydrogens (tertiary/aromatic N) is 3. The van der Waals surface area contributed by atoms with Crippen molar-refractivity contribution in [1.82, 2.24) is 14.8 Å². The number of piperazine rings is 1. The lowest BCUT2D eigenvalue weighted by atomic mass is 10.1. The van der Waals surface area contributed by atoms with Gasteiger partial charge in [0.25, 0.3) is 0 Å². The molecule has 0 radical (unpaired) electrons. The van der Waals surface area contributed by atoms with E-state index in [9.17, 15) is 9.59 Å². The fraction of sp³-hybridized carbons (Fsp3) is 0.562. The SMILES string of the molecule is CC(C)(C)OC(=O)N1CC(=O)N2Cc3cc(Br)cnc3OC[C@@H]2C1. The molecule has 3 heterocycles. The highest BCUT2D eigenvalue weighted by atomic mass is 79.9. The predicted molar refractivity (Wildman–Crippen MR) is 89.6 cm³/mol. The van der Waals surface area contributed by atoms with Crippen molar-refractivity contribution in [3.63, 3.8) is 0 Å². The van der Waals surface area contributed by atoms with E-state index in [4.69, 9.17) is 9.47 Å². The third-order valence-electron chi connectivity index (χ3n) is 3.82. The van der Waals surface area contributed by atoms with E-state index >= 15 is 0 Å². The molecule has 7 nitrogen and oxygen atoms in total. The molecular formula is C16H20BrN3O4. The van der Waals surface area contributed by atoms with E-state index in [0.717, 1.165) is 10.0 Å². The second-order valence-electron chi connectivity index (χ2n) is 6.97. The van der Waals surface area contributed by atoms with Gasteiger partial charge in [-0.25, -0.2) is 9.78 Å². The van der Waals surface area contributed by atoms with E-state index in [0.29, 0.717) is 25.6 Å². The number of ether oxygens (including phenoxy) is 2. The molecule has 1 aromatic rings. The summed E-state index contributed by atoms with van der Waals surface area (Å²) in [6.45, 7) is 6.53. The van der Waals surface area contributed by atoms with Gasteiger partial charge in [-0.3, -0.25) is 9.69 Å². The molecule has 8 heteroatoms. The van der Waals surface area contributed by atoms with Gasteiger partial charge >= 0.3 is 6.09 Å². The fourth-order valence-corrected chi connectivity index (χ4v) is 3.15. The van der Waals surface area contributed by atoms with Crippen LogP contribution in [0.15, 0.2) is 16.7 Å². The Labute approximate surface area is 149 Å². The Morgan fingerprint density at radius 1 is 1.42 bits per heavy atom. The molecule has 0 aromatic carbocycles. The van der Waals surface area contributed by atoms with Gasteiger partial charge in [0.1, 0.15) is 18.8 Å². The maximum atomic E-state index is 12.5. The van der Waals surface area contributed by atoms with Crippen molar-refractivity contribution in [2.45, 2.75) is 39.0 Å². The summed E-state index contributed by atoms with van der Waals surface area (Å²) in [5, 5.41) is 0. The minimum atomic E-state index is -0.594. The lowest BCUT2D eigenvalue weighted by Crippen LogP contribution is -2.59. The molecule has 130 valence electrons. The van der Waals surface area contributed by atoms with Crippen LogP contribution in [0.1, 0.15) is 26.3 Å². The number of rotatable bonds is 0. The number of carbonyl (C=O) groups excluding carboxylic acids is 2. The maximum Gasteiger partial charge on any atom is 0.410 e. The molecule has 1 saturated heterocycles. The van der Waals surface area contributed by atoms with Gasteiger partial charge in [0.2, 0.25) is 11.8 Å². The van der Waals surface area contributed by atoms with Crippen molar-refractivity contribution in [2.24, 2.45) is 0 Å². The minimum absolute atomic E-state index is 0.0161. The van der Waals surface area contributed by atoms with Crippen molar-refractivity contribution in [1.29, 1.82) is 0 Å². The molecule has 1 aromatic heterocycles. The summed E-state index contributed by atoms with van der Waals surface area (Å²) in [6, 6.07) is 1.69. The molecular weight excluding hydrogens is 378 g/mol. The first-order chi connectivity index (χ1) is 11.2. The first-order valence-electron chi connectivity index (χ1n) is 7.77. The molecule has 2 aliphatic rings. The third kappa shape index (κ3) is 3.63. The largest absolute Gasteiger partial charge is 0.475 e. The molecule has 24 heavy (non-hydrogen) atoms. The lowest BCUT2D eigenvalue weighted by Gasteiger charge is -2.39. The Morgan fingerprint density at radius 3 is 2.88 bits per heavy atom. The van der Waals surface area contributed by atoms with Crippen LogP contribution in [0, 0.1) is 0 Å². The van der Waals surface area contributed by atoms with Crippen LogP contribution >= 0.6 is 15.9 Å². The Balaban J connectivity index is 1.76. The van der Waals surface area contributed by atoms with Crippen molar-refractivity contribution in [3.8, 4) is 5.88 Å². The average molecular weight is 398 g/mol. The zero-order valence-electron chi connectivity index (χ0n) is 13.9. The van der Waals surface area contributed by atoms with Crippen LogP contribution in [-0.2, 0) is 16.1 Å². The number of amides is 2. The fourth-order valence-electron chi connectivity index (χ4n) is 2.77. The van der Waals surface area contributed by atoms with Gasteiger partial charge in [-0.15, -0.1) is 0 Å². The highest BCUT2D eigenvalue weighted by Gasteiger charge is 2.38. The second-order valence-corrected chi connectivity index (χ2v) is 7.88. The quantitative estimate of drug-likeness (QED) is 0.670. The van der Waals surface area contributed by atoms with Gasteiger partial charge in [0, 0.05) is 22.8 Å². The van der Waals surface area contributed by atoms with Crippen LogP contribution in [0.3, 0.4) is 0 Å². The molecule has 3 rings (SSSR count). The van der Waals surface area contributed by atoms with Crippen LogP contribution in [0.2, 0.25) is 0 Å². The number of aromatic nitrogens is 1. The van der Waals surface area contributed by atoms with Gasteiger partial charge < -0.3 is 14.4 Å². The molecule has 1 atom stereocenters. The monoisotopic (exact) mass is 397 g/mol.